The van der Waals surface area contributed by atoms with Crippen LogP contribution in [-0.4, -0.2) is 10.5 Å². The Hall–Kier alpha value is -2.56. The van der Waals surface area contributed by atoms with Gasteiger partial charge in [0.2, 0.25) is 0 Å². The second kappa shape index (κ2) is 9.07. The minimum absolute atomic E-state index is 0.127. The van der Waals surface area contributed by atoms with E-state index in [-0.39, 0.29) is 11.7 Å². The summed E-state index contributed by atoms with van der Waals surface area (Å²) >= 11 is 0. The summed E-state index contributed by atoms with van der Waals surface area (Å²) in [6, 6.07) is 8.25. The van der Waals surface area contributed by atoms with Crippen molar-refractivity contribution in [1.82, 2.24) is 15.4 Å². The standard InChI is InChI=1S/C25H32FN3O/c1-17-16-23(18(2)29(17)21-14-12-20(26)13-15-21)25(30)28-27-24-11-7-6-10-22(24)19-8-4-3-5-9-19/h12-16,19,27H,3-11H2,1-2H3,(H,28,30). The first-order chi connectivity index (χ1) is 14.5. The third-order valence-electron chi connectivity index (χ3n) is 6.70. The van der Waals surface area contributed by atoms with Crippen LogP contribution in [0.15, 0.2) is 41.6 Å². The zero-order valence-electron chi connectivity index (χ0n) is 18.1. The Morgan fingerprint density at radius 3 is 2.43 bits per heavy atom. The lowest BCUT2D eigenvalue weighted by atomic mass is 9.78. The monoisotopic (exact) mass is 409 g/mol. The van der Waals surface area contributed by atoms with E-state index in [4.69, 9.17) is 0 Å². The molecule has 4 rings (SSSR count). The minimum atomic E-state index is -0.266. The average molecular weight is 410 g/mol. The zero-order valence-corrected chi connectivity index (χ0v) is 18.1. The highest BCUT2D eigenvalue weighted by Gasteiger charge is 2.24. The Morgan fingerprint density at radius 2 is 1.70 bits per heavy atom. The largest absolute Gasteiger partial charge is 0.318 e. The van der Waals surface area contributed by atoms with Gasteiger partial charge in [-0.2, -0.15) is 0 Å². The first-order valence-corrected chi connectivity index (χ1v) is 11.3. The number of allylic oxidation sites excluding steroid dienone is 2. The molecule has 2 aromatic rings. The molecule has 0 atom stereocenters. The molecule has 0 radical (unpaired) electrons. The fourth-order valence-corrected chi connectivity index (χ4v) is 5.15. The van der Waals surface area contributed by atoms with Crippen LogP contribution in [-0.2, 0) is 0 Å². The van der Waals surface area contributed by atoms with Gasteiger partial charge in [-0.1, -0.05) is 19.3 Å². The summed E-state index contributed by atoms with van der Waals surface area (Å²) in [7, 11) is 0. The molecule has 1 aromatic heterocycles. The van der Waals surface area contributed by atoms with Gasteiger partial charge in [0.25, 0.3) is 5.91 Å². The number of benzene rings is 1. The van der Waals surface area contributed by atoms with Gasteiger partial charge in [-0.15, -0.1) is 0 Å². The van der Waals surface area contributed by atoms with E-state index in [9.17, 15) is 9.18 Å². The molecule has 0 unspecified atom stereocenters. The lowest BCUT2D eigenvalue weighted by molar-refractivity contribution is 0.0937. The van der Waals surface area contributed by atoms with Crippen LogP contribution in [0.25, 0.3) is 5.69 Å². The molecule has 0 aliphatic heterocycles. The number of halogens is 1. The number of nitrogens with one attached hydrogen (secondary N) is 2. The van der Waals surface area contributed by atoms with Gasteiger partial charge in [0, 0.05) is 22.8 Å². The predicted octanol–water partition coefficient (Wildman–Crippen LogP) is 5.88. The van der Waals surface area contributed by atoms with E-state index in [1.165, 1.54) is 68.3 Å². The molecule has 1 heterocycles. The van der Waals surface area contributed by atoms with E-state index >= 15 is 0 Å². The molecule has 4 nitrogen and oxygen atoms in total. The molecule has 2 aliphatic rings. The van der Waals surface area contributed by atoms with Crippen molar-refractivity contribution in [2.24, 2.45) is 5.92 Å². The summed E-state index contributed by atoms with van der Waals surface area (Å²) in [6.45, 7) is 3.89. The number of nitrogens with zero attached hydrogens (tertiary/aromatic N) is 1. The van der Waals surface area contributed by atoms with Crippen LogP contribution < -0.4 is 10.9 Å². The van der Waals surface area contributed by atoms with Gasteiger partial charge in [0.15, 0.2) is 0 Å². The zero-order chi connectivity index (χ0) is 21.1. The van der Waals surface area contributed by atoms with Crippen LogP contribution >= 0.6 is 0 Å². The molecule has 5 heteroatoms. The first kappa shape index (κ1) is 20.7. The lowest BCUT2D eigenvalue weighted by Crippen LogP contribution is -2.38. The summed E-state index contributed by atoms with van der Waals surface area (Å²) < 4.78 is 15.3. The number of aryl methyl sites for hydroxylation is 1. The van der Waals surface area contributed by atoms with Gasteiger partial charge in [-0.05, 0) is 94.2 Å². The van der Waals surface area contributed by atoms with Gasteiger partial charge in [0.05, 0.1) is 5.56 Å². The molecule has 1 saturated carbocycles. The maximum absolute atomic E-state index is 13.3. The third-order valence-corrected chi connectivity index (χ3v) is 6.70. The number of hydrogen-bond acceptors (Lipinski definition) is 2. The number of amides is 1. The molecule has 1 aromatic carbocycles. The molecule has 1 amide bonds. The van der Waals surface area contributed by atoms with Crippen LogP contribution in [0, 0.1) is 25.6 Å². The van der Waals surface area contributed by atoms with Crippen LogP contribution in [0.4, 0.5) is 4.39 Å². The van der Waals surface area contributed by atoms with Gasteiger partial charge < -0.3 is 9.99 Å². The smallest absolute Gasteiger partial charge is 0.271 e. The second-order valence-electron chi connectivity index (χ2n) is 8.72. The fourth-order valence-electron chi connectivity index (χ4n) is 5.15. The van der Waals surface area contributed by atoms with E-state index in [1.54, 1.807) is 12.1 Å². The first-order valence-electron chi connectivity index (χ1n) is 11.3. The van der Waals surface area contributed by atoms with Crippen molar-refractivity contribution >= 4 is 5.91 Å². The van der Waals surface area contributed by atoms with E-state index < -0.39 is 0 Å². The number of carbonyl (C=O) groups is 1. The van der Waals surface area contributed by atoms with Crippen molar-refractivity contribution < 1.29 is 9.18 Å². The SMILES string of the molecule is Cc1cc(C(=O)NNC2=C(C3CCCCC3)CCCC2)c(C)n1-c1ccc(F)cc1. The van der Waals surface area contributed by atoms with Gasteiger partial charge in [-0.25, -0.2) is 4.39 Å². The van der Waals surface area contributed by atoms with Gasteiger partial charge >= 0.3 is 0 Å². The summed E-state index contributed by atoms with van der Waals surface area (Å²) in [4.78, 5) is 13.0. The van der Waals surface area contributed by atoms with Crippen molar-refractivity contribution in [1.29, 1.82) is 0 Å². The topological polar surface area (TPSA) is 46.1 Å². The van der Waals surface area contributed by atoms with Crippen LogP contribution in [0.5, 0.6) is 0 Å². The van der Waals surface area contributed by atoms with Crippen molar-refractivity contribution in [3.8, 4) is 5.69 Å². The van der Waals surface area contributed by atoms with Crippen LogP contribution in [0.3, 0.4) is 0 Å². The fraction of sp³-hybridized carbons (Fsp3) is 0.480. The molecule has 0 bridgehead atoms. The van der Waals surface area contributed by atoms with Crippen LogP contribution in [0.1, 0.15) is 79.5 Å². The quantitative estimate of drug-likeness (QED) is 0.606. The highest BCUT2D eigenvalue weighted by Crippen LogP contribution is 2.36. The summed E-state index contributed by atoms with van der Waals surface area (Å²) in [5.74, 6) is 0.289. The van der Waals surface area contributed by atoms with E-state index in [0.717, 1.165) is 29.9 Å². The van der Waals surface area contributed by atoms with Crippen molar-refractivity contribution in [2.75, 3.05) is 0 Å². The molecule has 0 spiro atoms. The second-order valence-corrected chi connectivity index (χ2v) is 8.72. The van der Waals surface area contributed by atoms with Crippen molar-refractivity contribution in [3.63, 3.8) is 0 Å². The Morgan fingerprint density at radius 1 is 1.00 bits per heavy atom. The molecule has 160 valence electrons. The van der Waals surface area contributed by atoms with Gasteiger partial charge in [0.1, 0.15) is 5.82 Å². The van der Waals surface area contributed by atoms with E-state index in [1.807, 2.05) is 24.5 Å². The highest BCUT2D eigenvalue weighted by atomic mass is 19.1. The Bertz CT molecular complexity index is 936. The lowest BCUT2D eigenvalue weighted by Gasteiger charge is -2.30. The number of hydrogen-bond donors (Lipinski definition) is 2. The van der Waals surface area contributed by atoms with Gasteiger partial charge in [-0.3, -0.25) is 10.2 Å². The molecule has 2 N–H and O–H groups in total. The Labute approximate surface area is 178 Å². The summed E-state index contributed by atoms with van der Waals surface area (Å²) in [5, 5.41) is 0. The highest BCUT2D eigenvalue weighted by molar-refractivity contribution is 5.95. The number of hydrazine groups is 1. The van der Waals surface area contributed by atoms with Crippen molar-refractivity contribution in [2.45, 2.75) is 71.6 Å². The normalized spacial score (nSPS) is 17.8. The van der Waals surface area contributed by atoms with E-state index in [0.29, 0.717) is 11.5 Å². The molecule has 0 saturated heterocycles. The molecule has 30 heavy (non-hydrogen) atoms. The average Bonchev–Trinajstić information content (AvgIpc) is 3.07. The summed E-state index contributed by atoms with van der Waals surface area (Å²) in [5.41, 5.74) is 12.3. The molecular formula is C25H32FN3O. The third kappa shape index (κ3) is 4.30. The Balaban J connectivity index is 1.50. The van der Waals surface area contributed by atoms with Crippen molar-refractivity contribution in [3.05, 3.63) is 64.4 Å². The molecule has 1 fully saturated rings. The Kier molecular flexibility index (Phi) is 6.26. The molecule has 2 aliphatic carbocycles. The predicted molar refractivity (Wildman–Crippen MR) is 118 cm³/mol. The van der Waals surface area contributed by atoms with E-state index in [2.05, 4.69) is 10.9 Å². The number of aromatic nitrogens is 1. The summed E-state index contributed by atoms with van der Waals surface area (Å²) in [6.07, 6.45) is 11.2. The molecular weight excluding hydrogens is 377 g/mol. The van der Waals surface area contributed by atoms with Crippen LogP contribution in [0.2, 0.25) is 0 Å². The maximum atomic E-state index is 13.3. The maximum Gasteiger partial charge on any atom is 0.271 e. The minimum Gasteiger partial charge on any atom is -0.318 e. The number of carbonyl (C=O) groups excluding carboxylic acids is 1. The number of rotatable bonds is 5.